The number of carbonyl (C=O) groups is 1. The number of halogens is 1. The third-order valence-corrected chi connectivity index (χ3v) is 3.43. The highest BCUT2D eigenvalue weighted by Crippen LogP contribution is 2.24. The average Bonchev–Trinajstić information content (AvgIpc) is 2.26. The molecular formula is C9H16BrNO2. The predicted molar refractivity (Wildman–Crippen MR) is 55.4 cm³/mol. The Labute approximate surface area is 87.2 Å². The predicted octanol–water partition coefficient (Wildman–Crippen LogP) is 2.69. The van der Waals surface area contributed by atoms with Gasteiger partial charge in [0.1, 0.15) is 0 Å². The summed E-state index contributed by atoms with van der Waals surface area (Å²) in [5, 5.41) is 8.96. The molecule has 0 aromatic heterocycles. The molecule has 1 aliphatic heterocycles. The van der Waals surface area contributed by atoms with E-state index in [1.54, 1.807) is 4.90 Å². The molecule has 1 N–H and O–H groups in total. The number of carboxylic acid groups (broad SMARTS) is 1. The lowest BCUT2D eigenvalue weighted by atomic mass is 10.1. The average molecular weight is 250 g/mol. The Morgan fingerprint density at radius 1 is 1.69 bits per heavy atom. The first-order valence-corrected chi connectivity index (χ1v) is 5.70. The quantitative estimate of drug-likeness (QED) is 0.727. The lowest BCUT2D eigenvalue weighted by molar-refractivity contribution is 0.124. The highest BCUT2D eigenvalue weighted by Gasteiger charge is 2.26. The van der Waals surface area contributed by atoms with Gasteiger partial charge in [-0.05, 0) is 25.7 Å². The van der Waals surface area contributed by atoms with Gasteiger partial charge in [-0.3, -0.25) is 0 Å². The van der Waals surface area contributed by atoms with E-state index in [0.717, 1.165) is 25.7 Å². The summed E-state index contributed by atoms with van der Waals surface area (Å²) < 4.78 is 0. The Hall–Kier alpha value is -0.250. The van der Waals surface area contributed by atoms with Crippen molar-refractivity contribution in [3.05, 3.63) is 0 Å². The van der Waals surface area contributed by atoms with Crippen molar-refractivity contribution in [2.45, 2.75) is 43.5 Å². The van der Waals surface area contributed by atoms with Crippen molar-refractivity contribution in [2.24, 2.45) is 0 Å². The van der Waals surface area contributed by atoms with Gasteiger partial charge in [0, 0.05) is 17.4 Å². The number of alkyl halides is 1. The largest absolute Gasteiger partial charge is 0.465 e. The molecule has 1 amide bonds. The summed E-state index contributed by atoms with van der Waals surface area (Å²) in [5.74, 6) is 0. The zero-order valence-corrected chi connectivity index (χ0v) is 9.46. The fourth-order valence-electron chi connectivity index (χ4n) is 1.84. The van der Waals surface area contributed by atoms with Crippen LogP contribution >= 0.6 is 15.9 Å². The molecule has 2 atom stereocenters. The van der Waals surface area contributed by atoms with Gasteiger partial charge in [-0.1, -0.05) is 22.9 Å². The summed E-state index contributed by atoms with van der Waals surface area (Å²) >= 11 is 3.58. The van der Waals surface area contributed by atoms with Gasteiger partial charge in [0.15, 0.2) is 0 Å². The Bertz CT molecular complexity index is 186. The molecule has 76 valence electrons. The fourth-order valence-corrected chi connectivity index (χ4v) is 2.60. The molecule has 2 unspecified atom stereocenters. The van der Waals surface area contributed by atoms with Crippen LogP contribution in [0.4, 0.5) is 4.79 Å². The smallest absolute Gasteiger partial charge is 0.407 e. The van der Waals surface area contributed by atoms with Gasteiger partial charge < -0.3 is 10.0 Å². The lowest BCUT2D eigenvalue weighted by Crippen LogP contribution is -2.39. The Kier molecular flexibility index (Phi) is 4.03. The topological polar surface area (TPSA) is 40.5 Å². The highest BCUT2D eigenvalue weighted by atomic mass is 79.9. The van der Waals surface area contributed by atoms with Crippen LogP contribution in [0.2, 0.25) is 0 Å². The van der Waals surface area contributed by atoms with Crippen molar-refractivity contribution in [3.8, 4) is 0 Å². The van der Waals surface area contributed by atoms with Crippen LogP contribution in [-0.2, 0) is 0 Å². The van der Waals surface area contributed by atoms with E-state index < -0.39 is 6.09 Å². The van der Waals surface area contributed by atoms with E-state index in [0.29, 0.717) is 11.4 Å². The number of rotatable bonds is 1. The molecule has 1 fully saturated rings. The maximum atomic E-state index is 10.9. The second kappa shape index (κ2) is 4.84. The van der Waals surface area contributed by atoms with Crippen LogP contribution in [0.15, 0.2) is 0 Å². The van der Waals surface area contributed by atoms with Crippen LogP contribution in [0, 0.1) is 0 Å². The van der Waals surface area contributed by atoms with Crippen LogP contribution in [0.1, 0.15) is 32.6 Å². The van der Waals surface area contributed by atoms with E-state index in [1.165, 1.54) is 0 Å². The van der Waals surface area contributed by atoms with Crippen LogP contribution in [0.3, 0.4) is 0 Å². The Morgan fingerprint density at radius 3 is 2.92 bits per heavy atom. The molecule has 1 heterocycles. The minimum Gasteiger partial charge on any atom is -0.465 e. The second-order valence-electron chi connectivity index (χ2n) is 3.51. The van der Waals surface area contributed by atoms with E-state index >= 15 is 0 Å². The van der Waals surface area contributed by atoms with Gasteiger partial charge in [0.05, 0.1) is 0 Å². The molecule has 0 aromatic carbocycles. The molecule has 0 saturated carbocycles. The first-order valence-electron chi connectivity index (χ1n) is 4.78. The molecule has 0 radical (unpaired) electrons. The molecular weight excluding hydrogens is 234 g/mol. The second-order valence-corrected chi connectivity index (χ2v) is 4.81. The maximum Gasteiger partial charge on any atom is 0.407 e. The summed E-state index contributed by atoms with van der Waals surface area (Å²) in [4.78, 5) is 13.0. The standard InChI is InChI=1S/C9H16BrNO2/c1-2-8-6-7(10)4-3-5-11(8)9(12)13/h7-8H,2-6H2,1H3,(H,12,13). The third kappa shape index (κ3) is 2.86. The molecule has 0 aliphatic carbocycles. The van der Waals surface area contributed by atoms with Gasteiger partial charge in [-0.25, -0.2) is 4.79 Å². The Balaban J connectivity index is 2.64. The molecule has 4 heteroatoms. The first kappa shape index (κ1) is 10.8. The van der Waals surface area contributed by atoms with Gasteiger partial charge in [0.2, 0.25) is 0 Å². The summed E-state index contributed by atoms with van der Waals surface area (Å²) in [6, 6.07) is 0.198. The Morgan fingerprint density at radius 2 is 2.38 bits per heavy atom. The van der Waals surface area contributed by atoms with Gasteiger partial charge >= 0.3 is 6.09 Å². The van der Waals surface area contributed by atoms with E-state index in [-0.39, 0.29) is 6.04 Å². The van der Waals surface area contributed by atoms with Crippen molar-refractivity contribution in [1.29, 1.82) is 0 Å². The van der Waals surface area contributed by atoms with Crippen molar-refractivity contribution >= 4 is 22.0 Å². The molecule has 1 aliphatic rings. The highest BCUT2D eigenvalue weighted by molar-refractivity contribution is 9.09. The summed E-state index contributed by atoms with van der Waals surface area (Å²) in [6.45, 7) is 2.74. The van der Waals surface area contributed by atoms with E-state index in [1.807, 2.05) is 6.92 Å². The number of amides is 1. The van der Waals surface area contributed by atoms with E-state index in [9.17, 15) is 4.79 Å². The third-order valence-electron chi connectivity index (χ3n) is 2.60. The molecule has 1 saturated heterocycles. The van der Waals surface area contributed by atoms with Crippen molar-refractivity contribution in [2.75, 3.05) is 6.54 Å². The molecule has 0 spiro atoms. The summed E-state index contributed by atoms with van der Waals surface area (Å²) in [5.41, 5.74) is 0. The van der Waals surface area contributed by atoms with Gasteiger partial charge in [0.25, 0.3) is 0 Å². The summed E-state index contributed by atoms with van der Waals surface area (Å²) in [7, 11) is 0. The molecule has 0 bridgehead atoms. The summed E-state index contributed by atoms with van der Waals surface area (Å²) in [6.07, 6.45) is 3.14. The monoisotopic (exact) mass is 249 g/mol. The van der Waals surface area contributed by atoms with Crippen molar-refractivity contribution < 1.29 is 9.90 Å². The number of nitrogens with zero attached hydrogens (tertiary/aromatic N) is 1. The fraction of sp³-hybridized carbons (Fsp3) is 0.889. The van der Waals surface area contributed by atoms with Crippen LogP contribution < -0.4 is 0 Å². The molecule has 0 aromatic rings. The zero-order chi connectivity index (χ0) is 9.84. The normalized spacial score (nSPS) is 29.8. The number of hydrogen-bond acceptors (Lipinski definition) is 1. The van der Waals surface area contributed by atoms with Crippen molar-refractivity contribution in [1.82, 2.24) is 4.90 Å². The minimum absolute atomic E-state index is 0.198. The lowest BCUT2D eigenvalue weighted by Gasteiger charge is -2.26. The van der Waals surface area contributed by atoms with E-state index in [2.05, 4.69) is 15.9 Å². The van der Waals surface area contributed by atoms with Gasteiger partial charge in [-0.2, -0.15) is 0 Å². The van der Waals surface area contributed by atoms with Gasteiger partial charge in [-0.15, -0.1) is 0 Å². The SMILES string of the molecule is CCC1CC(Br)CCCN1C(=O)O. The molecule has 1 rings (SSSR count). The number of hydrogen-bond donors (Lipinski definition) is 1. The molecule has 3 nitrogen and oxygen atoms in total. The number of likely N-dealkylation sites (tertiary alicyclic amines) is 1. The van der Waals surface area contributed by atoms with Crippen LogP contribution in [-0.4, -0.2) is 33.5 Å². The van der Waals surface area contributed by atoms with Crippen molar-refractivity contribution in [3.63, 3.8) is 0 Å². The van der Waals surface area contributed by atoms with Crippen LogP contribution in [0.25, 0.3) is 0 Å². The minimum atomic E-state index is -0.770. The first-order chi connectivity index (χ1) is 6.15. The zero-order valence-electron chi connectivity index (χ0n) is 7.87. The van der Waals surface area contributed by atoms with E-state index in [4.69, 9.17) is 5.11 Å². The maximum absolute atomic E-state index is 10.9. The molecule has 13 heavy (non-hydrogen) atoms. The van der Waals surface area contributed by atoms with Crippen LogP contribution in [0.5, 0.6) is 0 Å².